The second kappa shape index (κ2) is 5.92. The van der Waals surface area contributed by atoms with E-state index in [-0.39, 0.29) is 23.3 Å². The second-order valence-electron chi connectivity index (χ2n) is 5.98. The van der Waals surface area contributed by atoms with Crippen LogP contribution in [0.15, 0.2) is 24.3 Å². The molecule has 1 aromatic carbocycles. The Hall–Kier alpha value is -1.42. The van der Waals surface area contributed by atoms with Gasteiger partial charge in [-0.1, -0.05) is 25.0 Å². The van der Waals surface area contributed by atoms with Crippen LogP contribution < -0.4 is 5.73 Å². The number of carbonyl (C=O) groups excluding carboxylic acids is 1. The van der Waals surface area contributed by atoms with E-state index >= 15 is 0 Å². The van der Waals surface area contributed by atoms with Gasteiger partial charge in [0.15, 0.2) is 0 Å². The molecule has 1 unspecified atom stereocenters. The molecule has 0 spiro atoms. The summed E-state index contributed by atoms with van der Waals surface area (Å²) in [5.41, 5.74) is 6.86. The highest BCUT2D eigenvalue weighted by Crippen LogP contribution is 2.31. The number of benzene rings is 1. The molecule has 1 saturated carbocycles. The van der Waals surface area contributed by atoms with Gasteiger partial charge in [-0.25, -0.2) is 4.39 Å². The lowest BCUT2D eigenvalue weighted by Crippen LogP contribution is -2.43. The summed E-state index contributed by atoms with van der Waals surface area (Å²) in [6, 6.07) is 6.21. The predicted molar refractivity (Wildman–Crippen MR) is 77.6 cm³/mol. The summed E-state index contributed by atoms with van der Waals surface area (Å²) in [7, 11) is 1.79. The Morgan fingerprint density at radius 1 is 1.35 bits per heavy atom. The van der Waals surface area contributed by atoms with Crippen LogP contribution in [0.5, 0.6) is 0 Å². The van der Waals surface area contributed by atoms with Gasteiger partial charge in [0.2, 0.25) is 5.91 Å². The van der Waals surface area contributed by atoms with Gasteiger partial charge in [-0.15, -0.1) is 0 Å². The Bertz CT molecular complexity index is 466. The zero-order valence-corrected chi connectivity index (χ0v) is 12.2. The van der Waals surface area contributed by atoms with Gasteiger partial charge in [0.25, 0.3) is 0 Å². The Morgan fingerprint density at radius 3 is 2.45 bits per heavy atom. The summed E-state index contributed by atoms with van der Waals surface area (Å²) in [5.74, 6) is -0.201. The zero-order valence-electron chi connectivity index (χ0n) is 12.2. The van der Waals surface area contributed by atoms with Crippen LogP contribution in [0.25, 0.3) is 0 Å². The van der Waals surface area contributed by atoms with E-state index in [2.05, 4.69) is 0 Å². The summed E-state index contributed by atoms with van der Waals surface area (Å²) in [6.45, 7) is 1.95. The molecular weight excluding hydrogens is 255 g/mol. The maximum atomic E-state index is 12.9. The number of carbonyl (C=O) groups is 1. The lowest BCUT2D eigenvalue weighted by molar-refractivity contribution is -0.133. The van der Waals surface area contributed by atoms with Gasteiger partial charge in [-0.2, -0.15) is 0 Å². The molecule has 0 aliphatic heterocycles. The quantitative estimate of drug-likeness (QED) is 0.920. The summed E-state index contributed by atoms with van der Waals surface area (Å²) in [5, 5.41) is 0. The van der Waals surface area contributed by atoms with Crippen LogP contribution in [0.3, 0.4) is 0 Å². The molecule has 1 atom stereocenters. The van der Waals surface area contributed by atoms with Crippen molar-refractivity contribution in [3.8, 4) is 0 Å². The van der Waals surface area contributed by atoms with Crippen LogP contribution in [0.2, 0.25) is 0 Å². The van der Waals surface area contributed by atoms with E-state index in [9.17, 15) is 9.18 Å². The fraction of sp³-hybridized carbons (Fsp3) is 0.562. The molecule has 1 aromatic rings. The van der Waals surface area contributed by atoms with Crippen LogP contribution in [-0.4, -0.2) is 23.4 Å². The van der Waals surface area contributed by atoms with Crippen molar-refractivity contribution in [3.05, 3.63) is 35.6 Å². The van der Waals surface area contributed by atoms with Gasteiger partial charge in [0.05, 0.1) is 6.04 Å². The highest BCUT2D eigenvalue weighted by molar-refractivity contribution is 5.77. The number of amides is 1. The molecule has 2 N–H and O–H groups in total. The number of nitrogens with two attached hydrogens (primary N) is 1. The topological polar surface area (TPSA) is 46.3 Å². The van der Waals surface area contributed by atoms with Gasteiger partial charge in [-0.3, -0.25) is 4.79 Å². The van der Waals surface area contributed by atoms with Gasteiger partial charge < -0.3 is 10.6 Å². The maximum Gasteiger partial charge on any atom is 0.224 e. The minimum absolute atomic E-state index is 0.0613. The molecule has 0 radical (unpaired) electrons. The summed E-state index contributed by atoms with van der Waals surface area (Å²) < 4.78 is 12.9. The Labute approximate surface area is 120 Å². The smallest absolute Gasteiger partial charge is 0.224 e. The van der Waals surface area contributed by atoms with Crippen LogP contribution >= 0.6 is 0 Å². The number of hydrogen-bond acceptors (Lipinski definition) is 2. The average molecular weight is 278 g/mol. The number of nitrogens with zero attached hydrogens (tertiary/aromatic N) is 1. The Morgan fingerprint density at radius 2 is 1.90 bits per heavy atom. The normalized spacial score (nSPS) is 18.8. The third kappa shape index (κ3) is 3.37. The standard InChI is InChI=1S/C16H23FN2O/c1-12(13-5-7-14(17)8-6-13)19(2)15(20)11-16(18)9-3-4-10-16/h5-8,12H,3-4,9-11,18H2,1-2H3. The molecule has 1 fully saturated rings. The predicted octanol–water partition coefficient (Wildman–Crippen LogP) is 3.01. The van der Waals surface area contributed by atoms with Crippen molar-refractivity contribution in [2.45, 2.75) is 50.6 Å². The molecule has 1 aliphatic carbocycles. The molecule has 4 heteroatoms. The molecule has 0 saturated heterocycles. The van der Waals surface area contributed by atoms with Crippen molar-refractivity contribution >= 4 is 5.91 Å². The lowest BCUT2D eigenvalue weighted by atomic mass is 9.93. The molecule has 1 aliphatic rings. The molecule has 0 bridgehead atoms. The first kappa shape index (κ1) is 15.0. The van der Waals surface area contributed by atoms with Crippen LogP contribution in [0.4, 0.5) is 4.39 Å². The van der Waals surface area contributed by atoms with Crippen molar-refractivity contribution in [1.82, 2.24) is 4.90 Å². The van der Waals surface area contributed by atoms with E-state index < -0.39 is 0 Å². The average Bonchev–Trinajstić information content (AvgIpc) is 2.84. The lowest BCUT2D eigenvalue weighted by Gasteiger charge is -2.30. The van der Waals surface area contributed by atoms with E-state index in [1.165, 1.54) is 12.1 Å². The van der Waals surface area contributed by atoms with E-state index in [0.717, 1.165) is 31.2 Å². The van der Waals surface area contributed by atoms with Crippen molar-refractivity contribution in [2.75, 3.05) is 7.05 Å². The molecule has 3 nitrogen and oxygen atoms in total. The zero-order chi connectivity index (χ0) is 14.8. The van der Waals surface area contributed by atoms with Crippen LogP contribution in [-0.2, 0) is 4.79 Å². The van der Waals surface area contributed by atoms with E-state index in [0.29, 0.717) is 6.42 Å². The number of halogens is 1. The fourth-order valence-corrected chi connectivity index (χ4v) is 2.86. The first-order chi connectivity index (χ1) is 9.41. The molecule has 1 amide bonds. The molecular formula is C16H23FN2O. The van der Waals surface area contributed by atoms with Crippen molar-refractivity contribution < 1.29 is 9.18 Å². The highest BCUT2D eigenvalue weighted by Gasteiger charge is 2.33. The third-order valence-corrected chi connectivity index (χ3v) is 4.43. The summed E-state index contributed by atoms with van der Waals surface area (Å²) in [6.07, 6.45) is 4.48. The number of hydrogen-bond donors (Lipinski definition) is 1. The highest BCUT2D eigenvalue weighted by atomic mass is 19.1. The third-order valence-electron chi connectivity index (χ3n) is 4.43. The molecule has 0 heterocycles. The minimum Gasteiger partial charge on any atom is -0.339 e. The van der Waals surface area contributed by atoms with Crippen LogP contribution in [0, 0.1) is 5.82 Å². The molecule has 2 rings (SSSR count). The Balaban J connectivity index is 2.00. The van der Waals surface area contributed by atoms with Crippen molar-refractivity contribution in [2.24, 2.45) is 5.73 Å². The van der Waals surface area contributed by atoms with Gasteiger partial charge >= 0.3 is 0 Å². The summed E-state index contributed by atoms with van der Waals surface area (Å²) in [4.78, 5) is 14.1. The number of rotatable bonds is 4. The largest absolute Gasteiger partial charge is 0.339 e. The van der Waals surface area contributed by atoms with Gasteiger partial charge in [-0.05, 0) is 37.5 Å². The molecule has 110 valence electrons. The molecule has 20 heavy (non-hydrogen) atoms. The Kier molecular flexibility index (Phi) is 4.43. The van der Waals surface area contributed by atoms with Crippen molar-refractivity contribution in [1.29, 1.82) is 0 Å². The fourth-order valence-electron chi connectivity index (χ4n) is 2.86. The maximum absolute atomic E-state index is 12.9. The minimum atomic E-state index is -0.326. The first-order valence-electron chi connectivity index (χ1n) is 7.21. The first-order valence-corrected chi connectivity index (χ1v) is 7.21. The van der Waals surface area contributed by atoms with Gasteiger partial charge in [0.1, 0.15) is 5.82 Å². The summed E-state index contributed by atoms with van der Waals surface area (Å²) >= 11 is 0. The van der Waals surface area contributed by atoms with E-state index in [4.69, 9.17) is 5.73 Å². The van der Waals surface area contributed by atoms with Crippen LogP contribution in [0.1, 0.15) is 50.6 Å². The van der Waals surface area contributed by atoms with Gasteiger partial charge in [0, 0.05) is 19.0 Å². The van der Waals surface area contributed by atoms with Crippen molar-refractivity contribution in [3.63, 3.8) is 0 Å². The second-order valence-corrected chi connectivity index (χ2v) is 5.98. The van der Waals surface area contributed by atoms with E-state index in [1.54, 1.807) is 24.1 Å². The monoisotopic (exact) mass is 278 g/mol. The van der Waals surface area contributed by atoms with E-state index in [1.807, 2.05) is 6.92 Å². The SMILES string of the molecule is CC(c1ccc(F)cc1)N(C)C(=O)CC1(N)CCCC1. The molecule has 0 aromatic heterocycles.